The number of carbonyl (C=O) groups excluding carboxylic acids is 1. The molecule has 1 saturated heterocycles. The van der Waals surface area contributed by atoms with Crippen LogP contribution >= 0.6 is 0 Å². The van der Waals surface area contributed by atoms with E-state index in [0.29, 0.717) is 18.4 Å². The molecular formula is C11H21NO2. The second kappa shape index (κ2) is 6.02. The Morgan fingerprint density at radius 1 is 1.36 bits per heavy atom. The van der Waals surface area contributed by atoms with Gasteiger partial charge in [0.15, 0.2) is 0 Å². The number of piperidine rings is 1. The summed E-state index contributed by atoms with van der Waals surface area (Å²) in [7, 11) is 0. The molecule has 82 valence electrons. The monoisotopic (exact) mass is 199 g/mol. The maximum absolute atomic E-state index is 11.5. The van der Waals surface area contributed by atoms with E-state index in [1.54, 1.807) is 0 Å². The van der Waals surface area contributed by atoms with E-state index in [2.05, 4.69) is 0 Å². The zero-order chi connectivity index (χ0) is 10.4. The summed E-state index contributed by atoms with van der Waals surface area (Å²) in [6.07, 6.45) is 4.03. The molecule has 0 atom stereocenters. The molecule has 14 heavy (non-hydrogen) atoms. The van der Waals surface area contributed by atoms with Crippen LogP contribution in [0.5, 0.6) is 0 Å². The predicted octanol–water partition coefficient (Wildman–Crippen LogP) is 1.81. The van der Waals surface area contributed by atoms with E-state index >= 15 is 0 Å². The van der Waals surface area contributed by atoms with Crippen LogP contribution in [0, 0.1) is 0 Å². The Labute approximate surface area is 86.4 Å². The Morgan fingerprint density at radius 2 is 2.00 bits per heavy atom. The first-order valence-electron chi connectivity index (χ1n) is 5.67. The average molecular weight is 199 g/mol. The summed E-state index contributed by atoms with van der Waals surface area (Å²) >= 11 is 0. The van der Waals surface area contributed by atoms with Gasteiger partial charge in [-0.15, -0.1) is 0 Å². The highest BCUT2D eigenvalue weighted by molar-refractivity contribution is 5.76. The van der Waals surface area contributed by atoms with E-state index in [9.17, 15) is 4.79 Å². The van der Waals surface area contributed by atoms with E-state index in [1.807, 2.05) is 18.7 Å². The number of hydrogen-bond donors (Lipinski definition) is 0. The van der Waals surface area contributed by atoms with E-state index in [-0.39, 0.29) is 0 Å². The Balaban J connectivity index is 2.24. The Kier molecular flexibility index (Phi) is 4.94. The molecule has 0 aliphatic carbocycles. The van der Waals surface area contributed by atoms with Crippen LogP contribution in [0.25, 0.3) is 0 Å². The number of amides is 1. The molecule has 0 bridgehead atoms. The molecule has 0 aromatic rings. The maximum Gasteiger partial charge on any atom is 0.222 e. The van der Waals surface area contributed by atoms with Gasteiger partial charge in [0.25, 0.3) is 0 Å². The fourth-order valence-corrected chi connectivity index (χ4v) is 1.88. The van der Waals surface area contributed by atoms with Crippen molar-refractivity contribution in [3.8, 4) is 0 Å². The van der Waals surface area contributed by atoms with Gasteiger partial charge in [-0.2, -0.15) is 0 Å². The highest BCUT2D eigenvalue weighted by Gasteiger charge is 2.21. The largest absolute Gasteiger partial charge is 0.378 e. The van der Waals surface area contributed by atoms with Crippen molar-refractivity contribution < 1.29 is 9.53 Å². The van der Waals surface area contributed by atoms with E-state index in [1.165, 1.54) is 0 Å². The van der Waals surface area contributed by atoms with E-state index in [0.717, 1.165) is 39.0 Å². The van der Waals surface area contributed by atoms with Crippen molar-refractivity contribution in [2.45, 2.75) is 45.6 Å². The van der Waals surface area contributed by atoms with Gasteiger partial charge in [-0.05, 0) is 26.2 Å². The molecule has 1 rings (SSSR count). The van der Waals surface area contributed by atoms with Crippen molar-refractivity contribution in [3.05, 3.63) is 0 Å². The molecular weight excluding hydrogens is 178 g/mol. The van der Waals surface area contributed by atoms with Crippen molar-refractivity contribution in [3.63, 3.8) is 0 Å². The number of rotatable bonds is 4. The molecule has 0 saturated carbocycles. The number of hydrogen-bond acceptors (Lipinski definition) is 2. The number of likely N-dealkylation sites (tertiary alicyclic amines) is 1. The normalized spacial score (nSPS) is 18.6. The summed E-state index contributed by atoms with van der Waals surface area (Å²) in [4.78, 5) is 13.5. The molecule has 0 N–H and O–H groups in total. The Morgan fingerprint density at radius 3 is 2.50 bits per heavy atom. The summed E-state index contributed by atoms with van der Waals surface area (Å²) in [6.45, 7) is 6.61. The third-order valence-corrected chi connectivity index (χ3v) is 2.66. The number of ether oxygens (including phenoxy) is 1. The van der Waals surface area contributed by atoms with Crippen LogP contribution in [0.4, 0.5) is 0 Å². The highest BCUT2D eigenvalue weighted by atomic mass is 16.5. The lowest BCUT2D eigenvalue weighted by Crippen LogP contribution is -2.40. The summed E-state index contributed by atoms with van der Waals surface area (Å²) in [5.41, 5.74) is 0. The highest BCUT2D eigenvalue weighted by Crippen LogP contribution is 2.14. The van der Waals surface area contributed by atoms with Gasteiger partial charge in [-0.1, -0.05) is 6.92 Å². The van der Waals surface area contributed by atoms with Crippen LogP contribution in [-0.4, -0.2) is 36.6 Å². The molecule has 3 heteroatoms. The minimum atomic E-state index is 0.308. The van der Waals surface area contributed by atoms with E-state index in [4.69, 9.17) is 4.74 Å². The quantitative estimate of drug-likeness (QED) is 0.691. The van der Waals surface area contributed by atoms with Gasteiger partial charge in [-0.3, -0.25) is 4.79 Å². The minimum absolute atomic E-state index is 0.308. The number of nitrogens with zero attached hydrogens (tertiary/aromatic N) is 1. The molecule has 1 amide bonds. The standard InChI is InChI=1S/C11H21NO2/c1-3-5-11(13)12-8-6-10(7-9-12)14-4-2/h10H,3-9H2,1-2H3. The zero-order valence-corrected chi connectivity index (χ0v) is 9.29. The molecule has 3 nitrogen and oxygen atoms in total. The van der Waals surface area contributed by atoms with Gasteiger partial charge in [0.1, 0.15) is 0 Å². The van der Waals surface area contributed by atoms with Crippen LogP contribution in [0.3, 0.4) is 0 Å². The van der Waals surface area contributed by atoms with Crippen molar-refractivity contribution in [2.24, 2.45) is 0 Å². The lowest BCUT2D eigenvalue weighted by atomic mass is 10.1. The third kappa shape index (κ3) is 3.29. The summed E-state index contributed by atoms with van der Waals surface area (Å²) in [5, 5.41) is 0. The Bertz CT molecular complexity index is 174. The van der Waals surface area contributed by atoms with Crippen LogP contribution in [0.15, 0.2) is 0 Å². The average Bonchev–Trinajstić information content (AvgIpc) is 2.20. The number of carbonyl (C=O) groups is 1. The van der Waals surface area contributed by atoms with Gasteiger partial charge < -0.3 is 9.64 Å². The van der Waals surface area contributed by atoms with Crippen LogP contribution in [0.1, 0.15) is 39.5 Å². The van der Waals surface area contributed by atoms with Gasteiger partial charge >= 0.3 is 0 Å². The van der Waals surface area contributed by atoms with Gasteiger partial charge in [-0.25, -0.2) is 0 Å². The molecule has 1 fully saturated rings. The molecule has 0 spiro atoms. The van der Waals surface area contributed by atoms with Crippen molar-refractivity contribution >= 4 is 5.91 Å². The van der Waals surface area contributed by atoms with E-state index < -0.39 is 0 Å². The first-order valence-corrected chi connectivity index (χ1v) is 5.67. The summed E-state index contributed by atoms with van der Waals surface area (Å²) in [5.74, 6) is 0.308. The second-order valence-corrected chi connectivity index (χ2v) is 3.79. The van der Waals surface area contributed by atoms with Crippen LogP contribution in [0.2, 0.25) is 0 Å². The van der Waals surface area contributed by atoms with Gasteiger partial charge in [0, 0.05) is 26.1 Å². The molecule has 0 radical (unpaired) electrons. The first kappa shape index (κ1) is 11.5. The predicted molar refractivity (Wildman–Crippen MR) is 56.1 cm³/mol. The Hall–Kier alpha value is -0.570. The zero-order valence-electron chi connectivity index (χ0n) is 9.29. The molecule has 0 aromatic carbocycles. The van der Waals surface area contributed by atoms with Crippen molar-refractivity contribution in [2.75, 3.05) is 19.7 Å². The van der Waals surface area contributed by atoms with Gasteiger partial charge in [0.2, 0.25) is 5.91 Å². The minimum Gasteiger partial charge on any atom is -0.378 e. The fraction of sp³-hybridized carbons (Fsp3) is 0.909. The molecule has 0 aromatic heterocycles. The third-order valence-electron chi connectivity index (χ3n) is 2.66. The lowest BCUT2D eigenvalue weighted by molar-refractivity contribution is -0.133. The topological polar surface area (TPSA) is 29.5 Å². The van der Waals surface area contributed by atoms with Crippen molar-refractivity contribution in [1.29, 1.82) is 0 Å². The molecule has 1 aliphatic heterocycles. The SMILES string of the molecule is CCCC(=O)N1CCC(OCC)CC1. The second-order valence-electron chi connectivity index (χ2n) is 3.79. The smallest absolute Gasteiger partial charge is 0.222 e. The maximum atomic E-state index is 11.5. The van der Waals surface area contributed by atoms with Crippen molar-refractivity contribution in [1.82, 2.24) is 4.90 Å². The first-order chi connectivity index (χ1) is 6.77. The fourth-order valence-electron chi connectivity index (χ4n) is 1.88. The summed E-state index contributed by atoms with van der Waals surface area (Å²) < 4.78 is 5.53. The summed E-state index contributed by atoms with van der Waals surface area (Å²) in [6, 6.07) is 0. The molecule has 1 aliphatic rings. The molecule has 1 heterocycles. The van der Waals surface area contributed by atoms with Crippen LogP contribution < -0.4 is 0 Å². The van der Waals surface area contributed by atoms with Crippen LogP contribution in [-0.2, 0) is 9.53 Å². The lowest BCUT2D eigenvalue weighted by Gasteiger charge is -2.31. The van der Waals surface area contributed by atoms with Gasteiger partial charge in [0.05, 0.1) is 6.10 Å². The molecule has 0 unspecified atom stereocenters.